The van der Waals surface area contributed by atoms with Gasteiger partial charge in [0.15, 0.2) is 5.13 Å². The molecule has 1 aliphatic heterocycles. The second-order valence-electron chi connectivity index (χ2n) is 4.67. The smallest absolute Gasteiger partial charge is 0.235 e. The lowest BCUT2D eigenvalue weighted by atomic mass is 9.85. The van der Waals surface area contributed by atoms with Gasteiger partial charge >= 0.3 is 0 Å². The number of aromatic nitrogens is 1. The number of rotatable bonds is 2. The minimum Gasteiger partial charge on any atom is -0.309 e. The van der Waals surface area contributed by atoms with E-state index in [1.807, 2.05) is 30.5 Å². The second-order valence-corrected chi connectivity index (χ2v) is 5.57. The van der Waals surface area contributed by atoms with E-state index in [1.54, 1.807) is 6.20 Å². The van der Waals surface area contributed by atoms with Gasteiger partial charge in [0.2, 0.25) is 5.91 Å². The van der Waals surface area contributed by atoms with E-state index in [9.17, 15) is 4.79 Å². The van der Waals surface area contributed by atoms with Crippen molar-refractivity contribution < 1.29 is 4.79 Å². The Bertz CT molecular complexity index is 582. The Morgan fingerprint density at radius 3 is 3.11 bits per heavy atom. The van der Waals surface area contributed by atoms with E-state index in [0.717, 1.165) is 12.1 Å². The van der Waals surface area contributed by atoms with Gasteiger partial charge in [-0.15, -0.1) is 11.3 Å². The number of hydrogen-bond donors (Lipinski definition) is 2. The number of nitrogens with zero attached hydrogens (tertiary/aromatic N) is 1. The summed E-state index contributed by atoms with van der Waals surface area (Å²) in [5.41, 5.74) is 2.31. The Balaban J connectivity index is 1.88. The first-order chi connectivity index (χ1) is 9.25. The minimum atomic E-state index is -0.172. The SMILES string of the molecule is CC1NCc2ccccc2C1C(=O)Nc1nccs1. The number of amides is 1. The lowest BCUT2D eigenvalue weighted by Gasteiger charge is -2.31. The summed E-state index contributed by atoms with van der Waals surface area (Å²) in [6.07, 6.45) is 1.69. The molecule has 0 aliphatic carbocycles. The van der Waals surface area contributed by atoms with Crippen LogP contribution in [0.3, 0.4) is 0 Å². The summed E-state index contributed by atoms with van der Waals surface area (Å²) in [7, 11) is 0. The molecule has 0 saturated carbocycles. The molecular formula is C14H15N3OS. The maximum absolute atomic E-state index is 12.5. The molecule has 0 radical (unpaired) electrons. The van der Waals surface area contributed by atoms with Gasteiger partial charge in [0.25, 0.3) is 0 Å². The maximum atomic E-state index is 12.5. The lowest BCUT2D eigenvalue weighted by molar-refractivity contribution is -0.118. The fourth-order valence-electron chi connectivity index (χ4n) is 2.49. The molecule has 19 heavy (non-hydrogen) atoms. The molecule has 2 unspecified atom stereocenters. The van der Waals surface area contributed by atoms with Crippen molar-refractivity contribution in [3.63, 3.8) is 0 Å². The number of carbonyl (C=O) groups excluding carboxylic acids is 1. The number of thiazole rings is 1. The molecule has 2 aromatic rings. The molecule has 3 rings (SSSR count). The monoisotopic (exact) mass is 273 g/mol. The highest BCUT2D eigenvalue weighted by molar-refractivity contribution is 7.13. The number of benzene rings is 1. The van der Waals surface area contributed by atoms with Crippen LogP contribution >= 0.6 is 11.3 Å². The molecule has 0 fully saturated rings. The number of carbonyl (C=O) groups is 1. The summed E-state index contributed by atoms with van der Waals surface area (Å²) < 4.78 is 0. The van der Waals surface area contributed by atoms with Crippen molar-refractivity contribution in [2.45, 2.75) is 25.4 Å². The zero-order valence-corrected chi connectivity index (χ0v) is 11.4. The summed E-state index contributed by atoms with van der Waals surface area (Å²) in [4.78, 5) is 16.6. The third-order valence-electron chi connectivity index (χ3n) is 3.45. The van der Waals surface area contributed by atoms with E-state index in [0.29, 0.717) is 5.13 Å². The molecule has 1 aromatic heterocycles. The van der Waals surface area contributed by atoms with E-state index >= 15 is 0 Å². The summed E-state index contributed by atoms with van der Waals surface area (Å²) in [5, 5.41) is 8.77. The predicted molar refractivity (Wildman–Crippen MR) is 76.2 cm³/mol. The molecular weight excluding hydrogens is 258 g/mol. The van der Waals surface area contributed by atoms with Crippen LogP contribution < -0.4 is 10.6 Å². The van der Waals surface area contributed by atoms with Crippen LogP contribution in [0.25, 0.3) is 0 Å². The molecule has 4 nitrogen and oxygen atoms in total. The van der Waals surface area contributed by atoms with Crippen LogP contribution in [-0.2, 0) is 11.3 Å². The van der Waals surface area contributed by atoms with Crippen molar-refractivity contribution in [2.75, 3.05) is 5.32 Å². The molecule has 2 heterocycles. The van der Waals surface area contributed by atoms with Crippen LogP contribution in [0.15, 0.2) is 35.8 Å². The van der Waals surface area contributed by atoms with Crippen LogP contribution in [-0.4, -0.2) is 16.9 Å². The highest BCUT2D eigenvalue weighted by atomic mass is 32.1. The number of anilines is 1. The van der Waals surface area contributed by atoms with Gasteiger partial charge in [-0.05, 0) is 18.1 Å². The van der Waals surface area contributed by atoms with E-state index in [1.165, 1.54) is 16.9 Å². The molecule has 5 heteroatoms. The summed E-state index contributed by atoms with van der Waals surface area (Å²) in [6, 6.07) is 8.22. The molecule has 0 spiro atoms. The average Bonchev–Trinajstić information content (AvgIpc) is 2.91. The van der Waals surface area contributed by atoms with Gasteiger partial charge in [0, 0.05) is 24.2 Å². The highest BCUT2D eigenvalue weighted by Gasteiger charge is 2.32. The van der Waals surface area contributed by atoms with Crippen molar-refractivity contribution in [1.29, 1.82) is 0 Å². The maximum Gasteiger partial charge on any atom is 0.235 e. The Hall–Kier alpha value is -1.72. The van der Waals surface area contributed by atoms with Crippen LogP contribution in [0.1, 0.15) is 24.0 Å². The van der Waals surface area contributed by atoms with E-state index in [2.05, 4.69) is 21.7 Å². The van der Waals surface area contributed by atoms with Crippen LogP contribution in [0.5, 0.6) is 0 Å². The average molecular weight is 273 g/mol. The highest BCUT2D eigenvalue weighted by Crippen LogP contribution is 2.29. The van der Waals surface area contributed by atoms with Crippen molar-refractivity contribution in [3.05, 3.63) is 47.0 Å². The molecule has 0 bridgehead atoms. The number of hydrogen-bond acceptors (Lipinski definition) is 4. The van der Waals surface area contributed by atoms with Gasteiger partial charge in [0.1, 0.15) is 0 Å². The Morgan fingerprint density at radius 2 is 2.32 bits per heavy atom. The number of nitrogens with one attached hydrogen (secondary N) is 2. The zero-order chi connectivity index (χ0) is 13.2. The molecule has 2 N–H and O–H groups in total. The second kappa shape index (κ2) is 5.11. The molecule has 1 aliphatic rings. The summed E-state index contributed by atoms with van der Waals surface area (Å²) in [6.45, 7) is 2.86. The molecule has 1 aromatic carbocycles. The largest absolute Gasteiger partial charge is 0.309 e. The normalized spacial score (nSPS) is 21.7. The van der Waals surface area contributed by atoms with E-state index in [-0.39, 0.29) is 17.9 Å². The van der Waals surface area contributed by atoms with Crippen molar-refractivity contribution in [2.24, 2.45) is 0 Å². The van der Waals surface area contributed by atoms with Crippen LogP contribution in [0, 0.1) is 0 Å². The Labute approximate surface area is 115 Å². The first kappa shape index (κ1) is 12.3. The topological polar surface area (TPSA) is 54.0 Å². The van der Waals surface area contributed by atoms with Crippen LogP contribution in [0.2, 0.25) is 0 Å². The Kier molecular flexibility index (Phi) is 3.31. The fraction of sp³-hybridized carbons (Fsp3) is 0.286. The molecule has 1 amide bonds. The quantitative estimate of drug-likeness (QED) is 0.883. The lowest BCUT2D eigenvalue weighted by Crippen LogP contribution is -2.42. The molecule has 2 atom stereocenters. The van der Waals surface area contributed by atoms with Gasteiger partial charge < -0.3 is 10.6 Å². The fourth-order valence-corrected chi connectivity index (χ4v) is 3.03. The first-order valence-corrected chi connectivity index (χ1v) is 7.15. The third-order valence-corrected chi connectivity index (χ3v) is 4.14. The van der Waals surface area contributed by atoms with E-state index < -0.39 is 0 Å². The molecule has 0 saturated heterocycles. The standard InChI is InChI=1S/C14H15N3OS/c1-9-12(13(18)17-14-15-6-7-19-14)11-5-3-2-4-10(11)8-16-9/h2-7,9,12,16H,8H2,1H3,(H,15,17,18). The van der Waals surface area contributed by atoms with Crippen molar-refractivity contribution >= 4 is 22.4 Å². The number of fused-ring (bicyclic) bond motifs is 1. The zero-order valence-electron chi connectivity index (χ0n) is 10.6. The first-order valence-electron chi connectivity index (χ1n) is 6.27. The third kappa shape index (κ3) is 2.39. The molecule has 98 valence electrons. The van der Waals surface area contributed by atoms with Gasteiger partial charge in [-0.3, -0.25) is 4.79 Å². The summed E-state index contributed by atoms with van der Waals surface area (Å²) >= 11 is 1.43. The summed E-state index contributed by atoms with van der Waals surface area (Å²) in [5.74, 6) is -0.170. The predicted octanol–water partition coefficient (Wildman–Crippen LogP) is 2.36. The van der Waals surface area contributed by atoms with Crippen molar-refractivity contribution in [1.82, 2.24) is 10.3 Å². The van der Waals surface area contributed by atoms with Gasteiger partial charge in [-0.1, -0.05) is 24.3 Å². The minimum absolute atomic E-state index is 0.00194. The van der Waals surface area contributed by atoms with E-state index in [4.69, 9.17) is 0 Å². The Morgan fingerprint density at radius 1 is 1.47 bits per heavy atom. The van der Waals surface area contributed by atoms with Gasteiger partial charge in [-0.25, -0.2) is 4.98 Å². The van der Waals surface area contributed by atoms with Crippen molar-refractivity contribution in [3.8, 4) is 0 Å². The van der Waals surface area contributed by atoms with Gasteiger partial charge in [0.05, 0.1) is 5.92 Å². The van der Waals surface area contributed by atoms with Crippen LogP contribution in [0.4, 0.5) is 5.13 Å². The van der Waals surface area contributed by atoms with Gasteiger partial charge in [-0.2, -0.15) is 0 Å².